The number of nitrogens with one attached hydrogen (secondary N) is 8. The number of rotatable bonds is 15. The lowest BCUT2D eigenvalue weighted by atomic mass is 10.0. The molecule has 8 amide bonds. The fourth-order valence-corrected chi connectivity index (χ4v) is 6.05. The Morgan fingerprint density at radius 3 is 1.64 bits per heavy atom. The molecule has 30 heteroatoms. The van der Waals surface area contributed by atoms with Crippen LogP contribution in [-0.2, 0) is 57.5 Å². The molecule has 0 aromatic heterocycles. The van der Waals surface area contributed by atoms with E-state index in [0.29, 0.717) is 6.42 Å². The van der Waals surface area contributed by atoms with Gasteiger partial charge in [-0.1, -0.05) is 6.08 Å². The van der Waals surface area contributed by atoms with Crippen molar-refractivity contribution in [3.8, 4) is 0 Å². The molecule has 0 unspecified atom stereocenters. The molecule has 1 aliphatic rings. The zero-order valence-corrected chi connectivity index (χ0v) is 37.3. The fourth-order valence-electron chi connectivity index (χ4n) is 5.87. The van der Waals surface area contributed by atoms with Crippen molar-refractivity contribution in [3.05, 3.63) is 11.8 Å². The summed E-state index contributed by atoms with van der Waals surface area (Å²) >= 11 is 5.71. The van der Waals surface area contributed by atoms with E-state index in [1.807, 2.05) is 10.6 Å². The number of carboxylic acids is 2. The highest BCUT2D eigenvalue weighted by atomic mass is 35.5. The summed E-state index contributed by atoms with van der Waals surface area (Å²) in [6, 6.07) is -15.1. The number of carbonyl (C=O) groups excluding carboxylic acids is 9. The minimum atomic E-state index is -2.77. The summed E-state index contributed by atoms with van der Waals surface area (Å²) in [5.74, 6) is -16.2. The van der Waals surface area contributed by atoms with Gasteiger partial charge < -0.3 is 95.7 Å². The quantitative estimate of drug-likeness (QED) is 0.0313. The van der Waals surface area contributed by atoms with Crippen LogP contribution in [0.3, 0.4) is 0 Å². The second kappa shape index (κ2) is 29.5. The van der Waals surface area contributed by atoms with Crippen LogP contribution in [0.2, 0.25) is 0 Å². The van der Waals surface area contributed by atoms with Gasteiger partial charge in [-0.05, 0) is 65.6 Å². The van der Waals surface area contributed by atoms with Crippen molar-refractivity contribution in [1.82, 2.24) is 42.5 Å². The van der Waals surface area contributed by atoms with Crippen LogP contribution in [-0.4, -0.2) is 189 Å². The van der Waals surface area contributed by atoms with Gasteiger partial charge in [-0.2, -0.15) is 0 Å². The van der Waals surface area contributed by atoms with E-state index in [4.69, 9.17) is 39.3 Å². The van der Waals surface area contributed by atoms with Crippen LogP contribution < -0.4 is 65.5 Å². The summed E-state index contributed by atoms with van der Waals surface area (Å²) in [6.07, 6.45) is -6.97. The van der Waals surface area contributed by atoms with Crippen molar-refractivity contribution in [1.29, 1.82) is 0 Å². The molecule has 0 aromatic rings. The molecule has 0 aromatic carbocycles. The smallest absolute Gasteiger partial charge is 0.335 e. The Bertz CT molecular complexity index is 1820. The van der Waals surface area contributed by atoms with Crippen molar-refractivity contribution in [2.45, 2.75) is 119 Å². The van der Waals surface area contributed by atoms with Gasteiger partial charge in [-0.3, -0.25) is 43.2 Å². The van der Waals surface area contributed by atoms with E-state index in [2.05, 4.69) is 31.9 Å². The maximum Gasteiger partial charge on any atom is 0.335 e. The molecule has 0 spiro atoms. The maximum absolute atomic E-state index is 13.7. The van der Waals surface area contributed by atoms with Crippen LogP contribution >= 0.6 is 11.6 Å². The topological polar surface area (TPSA) is 498 Å². The Balaban J connectivity index is 3.92. The zero-order valence-electron chi connectivity index (χ0n) is 36.5. The Morgan fingerprint density at radius 2 is 1.16 bits per heavy atom. The van der Waals surface area contributed by atoms with E-state index in [9.17, 15) is 78.3 Å². The average molecular weight is 981 g/mol. The molecule has 1 saturated heterocycles. The molecule has 0 saturated carbocycles. The lowest BCUT2D eigenvalue weighted by Crippen LogP contribution is -2.62. The number of alkyl halides is 1. The number of aliphatic hydroxyl groups excluding tert-OH is 3. The van der Waals surface area contributed by atoms with Crippen LogP contribution in [0.5, 0.6) is 0 Å². The molecule has 67 heavy (non-hydrogen) atoms. The number of carboxylic acid groups (broad SMARTS) is 2. The first-order valence-corrected chi connectivity index (χ1v) is 21.2. The standard InChI is InChI=1S/C37H61ClN12O17/c1-3-17-29(57)50-26(27(55)36(64)65)35(63)49-25(22(52)13-38)37(66)67-14-16(42)28(56)44-19(7-10-40)31(59)47-21(12-23(53)54)33(61)45-18(6-4-5-9-39)30(58)46-20(8-11-41)32(60)48-24(15(2)51)34(62)43-17/h3,15-16,18-22,24-27,51-52,55H,4-14,39-42H2,1-2H3,(H,43,62)(H,44,56)(H,45,61)(H,46,58)(H,47,59)(H,48,60)(H,49,63)(H,50,57)(H,53,54)(H,64,65)/b17-3-/t15-,16-,18-,19+,20-,21-,22+,24-,25-,26-,27-/m0/s1. The van der Waals surface area contributed by atoms with Gasteiger partial charge in [0.05, 0.1) is 24.5 Å². The van der Waals surface area contributed by atoms with Gasteiger partial charge in [0.1, 0.15) is 54.6 Å². The predicted octanol–water partition coefficient (Wildman–Crippen LogP) is -8.99. The SMILES string of the molecule is C/C=C1\NC(=O)[C@H]([C@H](C)O)NC(=O)[C@H](CCN)NC(=O)[C@H](CCCCN)NC(=O)[C@H](CC(=O)O)NC(=O)[C@@H](CCN)NC(=O)[C@@H](N)COC(=O)[C@H]([C@H](O)CCl)NC(=O)[C@H]([C@H](O)C(=O)O)NC1=O. The Kier molecular flexibility index (Phi) is 26.0. The van der Waals surface area contributed by atoms with E-state index in [1.165, 1.54) is 6.92 Å². The third kappa shape index (κ3) is 19.4. The minimum absolute atomic E-state index is 0.149. The summed E-state index contributed by atoms with van der Waals surface area (Å²) in [5.41, 5.74) is 22.1. The third-order valence-electron chi connectivity index (χ3n) is 9.60. The third-order valence-corrected chi connectivity index (χ3v) is 9.91. The first-order chi connectivity index (χ1) is 31.5. The highest BCUT2D eigenvalue weighted by molar-refractivity contribution is 6.18. The second-order valence-corrected chi connectivity index (χ2v) is 15.2. The lowest BCUT2D eigenvalue weighted by molar-refractivity contribution is -0.154. The molecule has 1 heterocycles. The van der Waals surface area contributed by atoms with E-state index in [-0.39, 0.29) is 45.3 Å². The van der Waals surface area contributed by atoms with Gasteiger partial charge in [-0.25, -0.2) is 9.59 Å². The molecule has 11 atom stereocenters. The molecule has 21 N–H and O–H groups in total. The van der Waals surface area contributed by atoms with Crippen molar-refractivity contribution < 1.29 is 83.0 Å². The number of cyclic esters (lactones) is 1. The second-order valence-electron chi connectivity index (χ2n) is 14.9. The number of ether oxygens (including phenoxy) is 1. The summed E-state index contributed by atoms with van der Waals surface area (Å²) in [7, 11) is 0. The largest absolute Gasteiger partial charge is 0.481 e. The van der Waals surface area contributed by atoms with Gasteiger partial charge >= 0.3 is 17.9 Å². The maximum atomic E-state index is 13.7. The van der Waals surface area contributed by atoms with Crippen LogP contribution in [0.1, 0.15) is 52.4 Å². The van der Waals surface area contributed by atoms with E-state index in [0.717, 1.165) is 13.0 Å². The Morgan fingerprint density at radius 1 is 0.672 bits per heavy atom. The number of hydrogen-bond donors (Lipinski definition) is 17. The minimum Gasteiger partial charge on any atom is -0.481 e. The Labute approximate surface area is 387 Å². The average Bonchev–Trinajstić information content (AvgIpc) is 3.27. The predicted molar refractivity (Wildman–Crippen MR) is 229 cm³/mol. The number of halogens is 1. The number of hydrogen-bond acceptors (Lipinski definition) is 19. The van der Waals surface area contributed by atoms with Gasteiger partial charge in [-0.15, -0.1) is 11.6 Å². The number of amides is 8. The number of aliphatic hydroxyl groups is 3. The van der Waals surface area contributed by atoms with Crippen LogP contribution in [0.15, 0.2) is 11.8 Å². The summed E-state index contributed by atoms with van der Waals surface area (Å²) < 4.78 is 4.99. The Hall–Kier alpha value is -6.08. The molecular weight excluding hydrogens is 920 g/mol. The zero-order chi connectivity index (χ0) is 51.1. The molecule has 1 rings (SSSR count). The summed E-state index contributed by atoms with van der Waals surface area (Å²) in [6.45, 7) is 0.788. The number of aliphatic carboxylic acids is 2. The highest BCUT2D eigenvalue weighted by Crippen LogP contribution is 2.09. The molecule has 378 valence electrons. The highest BCUT2D eigenvalue weighted by Gasteiger charge is 2.40. The van der Waals surface area contributed by atoms with Gasteiger partial charge in [0.25, 0.3) is 5.91 Å². The van der Waals surface area contributed by atoms with Gasteiger partial charge in [0.15, 0.2) is 12.1 Å². The first-order valence-electron chi connectivity index (χ1n) is 20.7. The lowest BCUT2D eigenvalue weighted by Gasteiger charge is -2.28. The van der Waals surface area contributed by atoms with E-state index < -0.39 is 156 Å². The van der Waals surface area contributed by atoms with Crippen LogP contribution in [0.4, 0.5) is 0 Å². The molecule has 1 fully saturated rings. The number of allylic oxidation sites excluding steroid dienone is 1. The number of unbranched alkanes of at least 4 members (excludes halogenated alkanes) is 1. The fraction of sp³-hybridized carbons (Fsp3) is 0.649. The molecule has 0 bridgehead atoms. The summed E-state index contributed by atoms with van der Waals surface area (Å²) in [5, 5.41) is 67.8. The molecular formula is C37H61ClN12O17. The number of carbonyl (C=O) groups is 11. The van der Waals surface area contributed by atoms with Crippen molar-refractivity contribution in [2.75, 3.05) is 32.1 Å². The van der Waals surface area contributed by atoms with Crippen molar-refractivity contribution in [3.63, 3.8) is 0 Å². The molecule has 0 radical (unpaired) electrons. The first kappa shape index (κ1) is 58.9. The van der Waals surface area contributed by atoms with Gasteiger partial charge in [0.2, 0.25) is 41.4 Å². The molecule has 1 aliphatic heterocycles. The van der Waals surface area contributed by atoms with Crippen molar-refractivity contribution >= 4 is 76.8 Å². The van der Waals surface area contributed by atoms with Crippen LogP contribution in [0.25, 0.3) is 0 Å². The van der Waals surface area contributed by atoms with Crippen LogP contribution in [0, 0.1) is 0 Å². The monoisotopic (exact) mass is 980 g/mol. The van der Waals surface area contributed by atoms with E-state index >= 15 is 0 Å². The van der Waals surface area contributed by atoms with Gasteiger partial charge in [0, 0.05) is 0 Å². The molecule has 29 nitrogen and oxygen atoms in total. The number of nitrogens with two attached hydrogens (primary N) is 4. The summed E-state index contributed by atoms with van der Waals surface area (Å²) in [4.78, 5) is 145. The normalized spacial score (nSPS) is 27.1. The number of esters is 1. The van der Waals surface area contributed by atoms with E-state index in [1.54, 1.807) is 0 Å². The molecule has 0 aliphatic carbocycles. The van der Waals surface area contributed by atoms with Crippen molar-refractivity contribution in [2.24, 2.45) is 22.9 Å².